The van der Waals surface area contributed by atoms with Crippen LogP contribution in [0.15, 0.2) is 53.5 Å². The summed E-state index contributed by atoms with van der Waals surface area (Å²) >= 11 is 0. The minimum Gasteiger partial charge on any atom is -0.497 e. The van der Waals surface area contributed by atoms with Crippen LogP contribution in [0.4, 0.5) is 5.69 Å². The van der Waals surface area contributed by atoms with Crippen molar-refractivity contribution in [1.82, 2.24) is 0 Å². The van der Waals surface area contributed by atoms with Gasteiger partial charge in [-0.25, -0.2) is 0 Å². The van der Waals surface area contributed by atoms with Gasteiger partial charge in [0.15, 0.2) is 0 Å². The van der Waals surface area contributed by atoms with Crippen LogP contribution in [0, 0.1) is 12.3 Å². The SMILES string of the molecule is C#CCOc1ccc(C=Nc2ccc(OC)cc2)cc1. The van der Waals surface area contributed by atoms with E-state index < -0.39 is 0 Å². The Labute approximate surface area is 118 Å². The average Bonchev–Trinajstić information content (AvgIpc) is 2.52. The maximum atomic E-state index is 5.30. The van der Waals surface area contributed by atoms with Crippen molar-refractivity contribution < 1.29 is 9.47 Å². The summed E-state index contributed by atoms with van der Waals surface area (Å²) in [5, 5.41) is 0. The van der Waals surface area contributed by atoms with Crippen LogP contribution in [-0.4, -0.2) is 19.9 Å². The predicted molar refractivity (Wildman–Crippen MR) is 81.0 cm³/mol. The Morgan fingerprint density at radius 3 is 2.30 bits per heavy atom. The maximum Gasteiger partial charge on any atom is 0.148 e. The Hall–Kier alpha value is -2.73. The number of terminal acetylenes is 1. The largest absolute Gasteiger partial charge is 0.497 e. The minimum atomic E-state index is 0.277. The summed E-state index contributed by atoms with van der Waals surface area (Å²) in [7, 11) is 1.64. The lowest BCUT2D eigenvalue weighted by Crippen LogP contribution is -1.93. The zero-order chi connectivity index (χ0) is 14.2. The fraction of sp³-hybridized carbons (Fsp3) is 0.118. The first-order valence-electron chi connectivity index (χ1n) is 6.16. The summed E-state index contributed by atoms with van der Waals surface area (Å²) in [6.07, 6.45) is 6.93. The van der Waals surface area contributed by atoms with E-state index in [9.17, 15) is 0 Å². The highest BCUT2D eigenvalue weighted by Crippen LogP contribution is 2.18. The lowest BCUT2D eigenvalue weighted by atomic mass is 10.2. The van der Waals surface area contributed by atoms with E-state index in [-0.39, 0.29) is 6.61 Å². The zero-order valence-electron chi connectivity index (χ0n) is 11.2. The highest BCUT2D eigenvalue weighted by atomic mass is 16.5. The van der Waals surface area contributed by atoms with Crippen LogP contribution < -0.4 is 9.47 Å². The van der Waals surface area contributed by atoms with Crippen molar-refractivity contribution in [1.29, 1.82) is 0 Å². The van der Waals surface area contributed by atoms with Gasteiger partial charge in [-0.15, -0.1) is 6.42 Å². The monoisotopic (exact) mass is 265 g/mol. The summed E-state index contributed by atoms with van der Waals surface area (Å²) < 4.78 is 10.4. The summed E-state index contributed by atoms with van der Waals surface area (Å²) in [4.78, 5) is 4.39. The lowest BCUT2D eigenvalue weighted by Gasteiger charge is -2.02. The highest BCUT2D eigenvalue weighted by molar-refractivity contribution is 5.82. The molecule has 0 amide bonds. The Morgan fingerprint density at radius 1 is 1.05 bits per heavy atom. The first kappa shape index (κ1) is 13.7. The molecule has 0 saturated carbocycles. The van der Waals surface area contributed by atoms with E-state index in [2.05, 4.69) is 10.9 Å². The molecule has 2 aromatic carbocycles. The van der Waals surface area contributed by atoms with Crippen LogP contribution in [0.5, 0.6) is 11.5 Å². The molecule has 2 rings (SSSR count). The lowest BCUT2D eigenvalue weighted by molar-refractivity contribution is 0.370. The van der Waals surface area contributed by atoms with Crippen LogP contribution in [-0.2, 0) is 0 Å². The van der Waals surface area contributed by atoms with Gasteiger partial charge in [0.1, 0.15) is 18.1 Å². The number of nitrogens with zero attached hydrogens (tertiary/aromatic N) is 1. The number of rotatable bonds is 5. The molecule has 20 heavy (non-hydrogen) atoms. The molecular weight excluding hydrogens is 250 g/mol. The van der Waals surface area contributed by atoms with E-state index in [1.54, 1.807) is 13.3 Å². The molecule has 0 aliphatic carbocycles. The van der Waals surface area contributed by atoms with Gasteiger partial charge in [-0.3, -0.25) is 4.99 Å². The zero-order valence-corrected chi connectivity index (χ0v) is 11.2. The number of ether oxygens (including phenoxy) is 2. The summed E-state index contributed by atoms with van der Waals surface area (Å²) in [5.41, 5.74) is 1.87. The van der Waals surface area contributed by atoms with Gasteiger partial charge in [0, 0.05) is 6.21 Å². The molecule has 0 aromatic heterocycles. The molecule has 0 fully saturated rings. The van der Waals surface area contributed by atoms with Gasteiger partial charge in [0.25, 0.3) is 0 Å². The molecule has 100 valence electrons. The van der Waals surface area contributed by atoms with Gasteiger partial charge in [-0.05, 0) is 54.1 Å². The second-order valence-electron chi connectivity index (χ2n) is 4.02. The van der Waals surface area contributed by atoms with Gasteiger partial charge in [0.05, 0.1) is 12.8 Å². The third-order valence-electron chi connectivity index (χ3n) is 2.64. The van der Waals surface area contributed by atoms with Gasteiger partial charge in [-0.2, -0.15) is 0 Å². The van der Waals surface area contributed by atoms with Gasteiger partial charge in [0.2, 0.25) is 0 Å². The fourth-order valence-electron chi connectivity index (χ4n) is 1.59. The molecule has 0 saturated heterocycles. The molecule has 0 aliphatic heterocycles. The molecule has 0 radical (unpaired) electrons. The first-order chi connectivity index (χ1) is 9.81. The maximum absolute atomic E-state index is 5.30. The molecule has 0 heterocycles. The number of hydrogen-bond acceptors (Lipinski definition) is 3. The molecule has 0 unspecified atom stereocenters. The molecule has 0 atom stereocenters. The number of methoxy groups -OCH3 is 1. The third-order valence-corrected chi connectivity index (χ3v) is 2.64. The third kappa shape index (κ3) is 3.89. The summed E-state index contributed by atoms with van der Waals surface area (Å²) in [6.45, 7) is 0.277. The number of hydrogen-bond donors (Lipinski definition) is 0. The van der Waals surface area contributed by atoms with Crippen molar-refractivity contribution in [3.05, 3.63) is 54.1 Å². The highest BCUT2D eigenvalue weighted by Gasteiger charge is 1.94. The van der Waals surface area contributed by atoms with Crippen molar-refractivity contribution in [3.8, 4) is 23.8 Å². The topological polar surface area (TPSA) is 30.8 Å². The minimum absolute atomic E-state index is 0.277. The Bertz CT molecular complexity index is 607. The standard InChI is InChI=1S/C17H15NO2/c1-3-12-20-17-8-4-14(5-9-17)13-18-15-6-10-16(19-2)11-7-15/h1,4-11,13H,12H2,2H3. The predicted octanol–water partition coefficient (Wildman–Crippen LogP) is 3.46. The summed E-state index contributed by atoms with van der Waals surface area (Å²) in [5.74, 6) is 4.00. The molecule has 3 nitrogen and oxygen atoms in total. The second kappa shape index (κ2) is 7.01. The first-order valence-corrected chi connectivity index (χ1v) is 6.16. The van der Waals surface area contributed by atoms with E-state index in [4.69, 9.17) is 15.9 Å². The molecule has 0 spiro atoms. The van der Waals surface area contributed by atoms with Crippen LogP contribution in [0.25, 0.3) is 0 Å². The molecule has 0 aliphatic rings. The van der Waals surface area contributed by atoms with E-state index in [1.165, 1.54) is 0 Å². The van der Waals surface area contributed by atoms with E-state index in [0.29, 0.717) is 0 Å². The Balaban J connectivity index is 2.01. The van der Waals surface area contributed by atoms with E-state index in [1.807, 2.05) is 48.5 Å². The Kier molecular flexibility index (Phi) is 4.80. The Morgan fingerprint density at radius 2 is 1.70 bits per heavy atom. The van der Waals surface area contributed by atoms with Crippen LogP contribution in [0.3, 0.4) is 0 Å². The van der Waals surface area contributed by atoms with Gasteiger partial charge < -0.3 is 9.47 Å². The van der Waals surface area contributed by atoms with Crippen molar-refractivity contribution in [2.24, 2.45) is 4.99 Å². The van der Waals surface area contributed by atoms with Crippen LogP contribution >= 0.6 is 0 Å². The van der Waals surface area contributed by atoms with Crippen molar-refractivity contribution in [2.45, 2.75) is 0 Å². The van der Waals surface area contributed by atoms with Crippen LogP contribution in [0.1, 0.15) is 5.56 Å². The van der Waals surface area contributed by atoms with Gasteiger partial charge in [-0.1, -0.05) is 5.92 Å². The fourth-order valence-corrected chi connectivity index (χ4v) is 1.59. The van der Waals surface area contributed by atoms with Crippen molar-refractivity contribution in [3.63, 3.8) is 0 Å². The average molecular weight is 265 g/mol. The number of aliphatic imine (C=N–C) groups is 1. The molecule has 0 bridgehead atoms. The van der Waals surface area contributed by atoms with Crippen LogP contribution in [0.2, 0.25) is 0 Å². The van der Waals surface area contributed by atoms with Crippen molar-refractivity contribution in [2.75, 3.05) is 13.7 Å². The normalized spacial score (nSPS) is 10.2. The molecular formula is C17H15NO2. The van der Waals surface area contributed by atoms with E-state index >= 15 is 0 Å². The summed E-state index contributed by atoms with van der Waals surface area (Å²) in [6, 6.07) is 15.2. The number of benzene rings is 2. The second-order valence-corrected chi connectivity index (χ2v) is 4.02. The van der Waals surface area contributed by atoms with Crippen molar-refractivity contribution >= 4 is 11.9 Å². The van der Waals surface area contributed by atoms with E-state index in [0.717, 1.165) is 22.7 Å². The quantitative estimate of drug-likeness (QED) is 0.612. The molecule has 0 N–H and O–H groups in total. The van der Waals surface area contributed by atoms with Gasteiger partial charge >= 0.3 is 0 Å². The molecule has 2 aromatic rings. The smallest absolute Gasteiger partial charge is 0.148 e. The molecule has 3 heteroatoms.